The number of aliphatic hydroxyl groups excluding tert-OH is 1. The highest BCUT2D eigenvalue weighted by Gasteiger charge is 2.28. The van der Waals surface area contributed by atoms with E-state index in [-0.39, 0.29) is 19.4 Å². The minimum Gasteiger partial charge on any atom is -0.449 e. The Morgan fingerprint density at radius 3 is 2.46 bits per heavy atom. The Morgan fingerprint density at radius 1 is 1.19 bits per heavy atom. The molecule has 3 rings (SSSR count). The summed E-state index contributed by atoms with van der Waals surface area (Å²) >= 11 is 0. The van der Waals surface area contributed by atoms with E-state index < -0.39 is 12.2 Å². The number of hydrogen-bond donors (Lipinski definition) is 2. The van der Waals surface area contributed by atoms with Crippen LogP contribution in [-0.4, -0.2) is 43.7 Å². The van der Waals surface area contributed by atoms with Gasteiger partial charge in [-0.2, -0.15) is 0 Å². The predicted octanol–water partition coefficient (Wildman–Crippen LogP) is 3.31. The quantitative estimate of drug-likeness (QED) is 0.712. The van der Waals surface area contributed by atoms with Gasteiger partial charge >= 0.3 is 6.09 Å². The average molecular weight is 356 g/mol. The van der Waals surface area contributed by atoms with Gasteiger partial charge in [0.1, 0.15) is 6.61 Å². The molecule has 0 saturated carbocycles. The highest BCUT2D eigenvalue weighted by molar-refractivity contribution is 5.79. The summed E-state index contributed by atoms with van der Waals surface area (Å²) in [5.41, 5.74) is 4.77. The summed E-state index contributed by atoms with van der Waals surface area (Å²) in [4.78, 5) is 12.0. The van der Waals surface area contributed by atoms with E-state index in [1.165, 1.54) is 22.3 Å². The van der Waals surface area contributed by atoms with E-state index in [1.54, 1.807) is 0 Å². The van der Waals surface area contributed by atoms with Crippen molar-refractivity contribution in [3.63, 3.8) is 0 Å². The summed E-state index contributed by atoms with van der Waals surface area (Å²) in [6, 6.07) is 16.4. The van der Waals surface area contributed by atoms with Gasteiger partial charge in [-0.15, -0.1) is 0 Å². The second kappa shape index (κ2) is 8.83. The molecule has 1 amide bonds. The van der Waals surface area contributed by atoms with E-state index in [2.05, 4.69) is 29.6 Å². The predicted molar refractivity (Wildman–Crippen MR) is 100 cm³/mol. The summed E-state index contributed by atoms with van der Waals surface area (Å²) in [5, 5.41) is 11.7. The number of alkyl carbamates (subject to hydrolysis) is 1. The van der Waals surface area contributed by atoms with Crippen LogP contribution in [0.2, 0.25) is 0 Å². The smallest absolute Gasteiger partial charge is 0.407 e. The van der Waals surface area contributed by atoms with Crippen LogP contribution in [0.15, 0.2) is 48.5 Å². The van der Waals surface area contributed by atoms with Crippen molar-refractivity contribution in [1.82, 2.24) is 5.32 Å². The summed E-state index contributed by atoms with van der Waals surface area (Å²) in [6.45, 7) is 0.960. The first-order chi connectivity index (χ1) is 13.2. The normalized spacial score (nSPS) is 14.3. The van der Waals surface area contributed by atoms with E-state index in [0.29, 0.717) is 26.2 Å². The van der Waals surface area contributed by atoms with Gasteiger partial charge in [0.25, 0.3) is 0 Å². The molecule has 2 aromatic carbocycles. The van der Waals surface area contributed by atoms with Crippen molar-refractivity contribution in [2.75, 3.05) is 26.4 Å². The third-order valence-corrected chi connectivity index (χ3v) is 4.49. The Hall–Kier alpha value is -2.37. The molecule has 0 spiro atoms. The molecule has 5 nitrogen and oxygen atoms in total. The van der Waals surface area contributed by atoms with Crippen LogP contribution in [0.25, 0.3) is 11.1 Å². The summed E-state index contributed by atoms with van der Waals surface area (Å²) in [5.74, 6) is 0.0499. The lowest BCUT2D eigenvalue weighted by Crippen LogP contribution is -2.28. The molecule has 0 bridgehead atoms. The molecule has 0 saturated heterocycles. The number of hydrogen-bond acceptors (Lipinski definition) is 4. The van der Waals surface area contributed by atoms with Crippen molar-refractivity contribution in [3.8, 4) is 11.1 Å². The number of nitrogens with one attached hydrogen (secondary N) is 1. The first-order valence-corrected chi connectivity index (χ1v) is 8.85. The monoisotopic (exact) mass is 356 g/mol. The van der Waals surface area contributed by atoms with Crippen LogP contribution in [0.5, 0.6) is 0 Å². The first kappa shape index (κ1) is 17.1. The molecule has 2 N–H and O–H groups in total. The van der Waals surface area contributed by atoms with Crippen LogP contribution < -0.4 is 5.32 Å². The van der Waals surface area contributed by atoms with Crippen molar-refractivity contribution in [2.24, 2.45) is 0 Å². The number of fused-ring (bicyclic) bond motifs is 3. The molecule has 0 fully saturated rings. The Kier molecular flexibility index (Phi) is 5.79. The molecule has 1 aliphatic carbocycles. The lowest BCUT2D eigenvalue weighted by atomic mass is 9.98. The molecule has 138 valence electrons. The molecule has 0 radical (unpaired) electrons. The Morgan fingerprint density at radius 2 is 1.85 bits per heavy atom. The SMILES string of the molecule is [2H]CC(CO)OCCCNC(=O)OCC1c2ccccc2-c2ccccc21. The molecule has 0 aliphatic heterocycles. The van der Waals surface area contributed by atoms with Crippen LogP contribution in [0.3, 0.4) is 0 Å². The van der Waals surface area contributed by atoms with Crippen LogP contribution in [-0.2, 0) is 9.47 Å². The fourth-order valence-electron chi connectivity index (χ4n) is 3.21. The lowest BCUT2D eigenvalue weighted by Gasteiger charge is -2.15. The summed E-state index contributed by atoms with van der Waals surface area (Å²) in [6.07, 6.45) is -0.309. The molecule has 0 aromatic heterocycles. The molecule has 5 heteroatoms. The Bertz CT molecular complexity index is 718. The van der Waals surface area contributed by atoms with Gasteiger partial charge in [-0.1, -0.05) is 48.5 Å². The zero-order valence-electron chi connectivity index (χ0n) is 15.7. The second-order valence-corrected chi connectivity index (χ2v) is 6.28. The number of rotatable bonds is 8. The third-order valence-electron chi connectivity index (χ3n) is 4.49. The van der Waals surface area contributed by atoms with Gasteiger partial charge in [-0.25, -0.2) is 4.79 Å². The molecule has 1 aliphatic rings. The van der Waals surface area contributed by atoms with Gasteiger partial charge in [-0.3, -0.25) is 0 Å². The van der Waals surface area contributed by atoms with Gasteiger partial charge in [0.05, 0.1) is 12.7 Å². The van der Waals surface area contributed by atoms with Crippen LogP contribution in [0.1, 0.15) is 31.7 Å². The van der Waals surface area contributed by atoms with Crippen LogP contribution >= 0.6 is 0 Å². The van der Waals surface area contributed by atoms with E-state index in [1.807, 2.05) is 24.3 Å². The zero-order chi connectivity index (χ0) is 19.1. The molecular formula is C21H25NO4. The van der Waals surface area contributed by atoms with E-state index >= 15 is 0 Å². The number of amides is 1. The van der Waals surface area contributed by atoms with Crippen molar-refractivity contribution in [1.29, 1.82) is 0 Å². The minimum atomic E-state index is -0.459. The molecule has 0 heterocycles. The highest BCUT2D eigenvalue weighted by Crippen LogP contribution is 2.44. The van der Waals surface area contributed by atoms with Gasteiger partial charge in [0.15, 0.2) is 0 Å². The number of ether oxygens (including phenoxy) is 2. The van der Waals surface area contributed by atoms with Crippen LogP contribution in [0.4, 0.5) is 4.79 Å². The van der Waals surface area contributed by atoms with Gasteiger partial charge in [-0.05, 0) is 35.6 Å². The minimum absolute atomic E-state index is 0.0241. The van der Waals surface area contributed by atoms with Crippen molar-refractivity contribution in [3.05, 3.63) is 59.7 Å². The largest absolute Gasteiger partial charge is 0.449 e. The highest BCUT2D eigenvalue weighted by atomic mass is 16.5. The first-order valence-electron chi connectivity index (χ1n) is 9.55. The molecule has 26 heavy (non-hydrogen) atoms. The van der Waals surface area contributed by atoms with Crippen molar-refractivity contribution < 1.29 is 20.7 Å². The summed E-state index contributed by atoms with van der Waals surface area (Å²) < 4.78 is 17.9. The van der Waals surface area contributed by atoms with E-state index in [0.717, 1.165) is 0 Å². The third kappa shape index (κ3) is 4.23. The topological polar surface area (TPSA) is 67.8 Å². The van der Waals surface area contributed by atoms with E-state index in [9.17, 15) is 4.79 Å². The maximum Gasteiger partial charge on any atom is 0.407 e. The summed E-state index contributed by atoms with van der Waals surface area (Å²) in [7, 11) is 0. The maximum absolute atomic E-state index is 12.0. The van der Waals surface area contributed by atoms with Gasteiger partial charge < -0.3 is 19.9 Å². The molecule has 1 unspecified atom stereocenters. The van der Waals surface area contributed by atoms with Gasteiger partial charge in [0, 0.05) is 20.4 Å². The number of carbonyl (C=O) groups is 1. The second-order valence-electron chi connectivity index (χ2n) is 6.28. The fourth-order valence-corrected chi connectivity index (χ4v) is 3.21. The lowest BCUT2D eigenvalue weighted by molar-refractivity contribution is 0.0239. The van der Waals surface area contributed by atoms with Crippen molar-refractivity contribution >= 4 is 6.09 Å². The van der Waals surface area contributed by atoms with Crippen LogP contribution in [0, 0.1) is 0 Å². The number of aliphatic hydroxyl groups is 1. The Balaban J connectivity index is 1.47. The Labute approximate surface area is 155 Å². The van der Waals surface area contributed by atoms with E-state index in [4.69, 9.17) is 16.0 Å². The fraction of sp³-hybridized carbons (Fsp3) is 0.381. The maximum atomic E-state index is 12.0. The molecule has 1 atom stereocenters. The van der Waals surface area contributed by atoms with Crippen molar-refractivity contribution in [2.45, 2.75) is 25.3 Å². The number of benzene rings is 2. The average Bonchev–Trinajstić information content (AvgIpc) is 3.03. The van der Waals surface area contributed by atoms with Gasteiger partial charge in [0.2, 0.25) is 0 Å². The standard InChI is InChI=1S/C21H25NO4/c1-15(13-23)25-12-6-11-22-21(24)26-14-20-18-9-4-2-7-16(18)17-8-3-5-10-19(17)20/h2-5,7-10,15,20,23H,6,11-14H2,1H3,(H,22,24)/i1D. The molecule has 2 aromatic rings. The molecular weight excluding hydrogens is 330 g/mol. The number of carbonyl (C=O) groups excluding carboxylic acids is 1. The zero-order valence-corrected chi connectivity index (χ0v) is 14.7.